The SMILES string of the molecule is O=C(c1cnc2nc[nH]c2c1)N1CCC[C@H]2c3ccccc3C[C@H]21. The minimum absolute atomic E-state index is 0.0847. The zero-order valence-corrected chi connectivity index (χ0v) is 13.3. The highest BCUT2D eigenvalue weighted by Gasteiger charge is 2.40. The van der Waals surface area contributed by atoms with Crippen LogP contribution < -0.4 is 0 Å². The van der Waals surface area contributed by atoms with E-state index in [4.69, 9.17) is 0 Å². The van der Waals surface area contributed by atoms with E-state index in [2.05, 4.69) is 44.1 Å². The van der Waals surface area contributed by atoms with E-state index in [-0.39, 0.29) is 11.9 Å². The first kappa shape index (κ1) is 13.7. The number of piperidine rings is 1. The summed E-state index contributed by atoms with van der Waals surface area (Å²) < 4.78 is 0. The van der Waals surface area contributed by atoms with Crippen LogP contribution in [-0.2, 0) is 6.42 Å². The van der Waals surface area contributed by atoms with E-state index >= 15 is 0 Å². The molecule has 5 heteroatoms. The topological polar surface area (TPSA) is 61.9 Å². The second kappa shape index (κ2) is 5.16. The van der Waals surface area contributed by atoms with Crippen LogP contribution in [-0.4, -0.2) is 38.3 Å². The fourth-order valence-electron chi connectivity index (χ4n) is 4.34. The molecule has 1 N–H and O–H groups in total. The molecule has 0 bridgehead atoms. The number of likely N-dealkylation sites (tertiary alicyclic amines) is 1. The summed E-state index contributed by atoms with van der Waals surface area (Å²) >= 11 is 0. The number of H-pyrrole nitrogens is 1. The molecule has 1 amide bonds. The standard InChI is InChI=1S/C19H18N4O/c24-19(13-8-16-18(20-10-13)22-11-21-16)23-7-3-6-15-14-5-2-1-4-12(14)9-17(15)23/h1-2,4-5,8,10-11,15,17H,3,6-7,9H2,(H,20,21,22)/t15-,17+/m0/s1. The molecule has 120 valence electrons. The first-order chi connectivity index (χ1) is 11.8. The van der Waals surface area contributed by atoms with Gasteiger partial charge in [0, 0.05) is 24.7 Å². The molecule has 1 aliphatic heterocycles. The lowest BCUT2D eigenvalue weighted by molar-refractivity contribution is 0.0595. The molecule has 0 spiro atoms. The Kier molecular flexibility index (Phi) is 2.95. The smallest absolute Gasteiger partial charge is 0.255 e. The summed E-state index contributed by atoms with van der Waals surface area (Å²) in [5.74, 6) is 0.559. The zero-order valence-electron chi connectivity index (χ0n) is 13.3. The number of hydrogen-bond donors (Lipinski definition) is 1. The Morgan fingerprint density at radius 1 is 1.25 bits per heavy atom. The highest BCUT2D eigenvalue weighted by atomic mass is 16.2. The molecule has 1 aliphatic carbocycles. The molecule has 1 fully saturated rings. The predicted molar refractivity (Wildman–Crippen MR) is 90.8 cm³/mol. The maximum absolute atomic E-state index is 13.1. The Hall–Kier alpha value is -2.69. The van der Waals surface area contributed by atoms with Gasteiger partial charge in [-0.3, -0.25) is 4.79 Å². The molecule has 1 aromatic carbocycles. The summed E-state index contributed by atoms with van der Waals surface area (Å²) in [6.07, 6.45) is 6.45. The van der Waals surface area contributed by atoms with Crippen molar-refractivity contribution in [2.75, 3.05) is 6.54 Å². The molecular formula is C19H18N4O. The van der Waals surface area contributed by atoms with Crippen LogP contribution in [0.1, 0.15) is 40.2 Å². The fourth-order valence-corrected chi connectivity index (χ4v) is 4.34. The maximum Gasteiger partial charge on any atom is 0.255 e. The summed E-state index contributed by atoms with van der Waals surface area (Å²) in [5, 5.41) is 0. The highest BCUT2D eigenvalue weighted by molar-refractivity contribution is 5.96. The number of pyridine rings is 1. The van der Waals surface area contributed by atoms with Crippen LogP contribution >= 0.6 is 0 Å². The third-order valence-corrected chi connectivity index (χ3v) is 5.44. The quantitative estimate of drug-likeness (QED) is 0.750. The van der Waals surface area contributed by atoms with Gasteiger partial charge < -0.3 is 9.88 Å². The van der Waals surface area contributed by atoms with E-state index in [9.17, 15) is 4.79 Å². The van der Waals surface area contributed by atoms with Crippen LogP contribution in [0, 0.1) is 0 Å². The largest absolute Gasteiger partial charge is 0.343 e. The average molecular weight is 318 g/mol. The molecule has 2 aromatic heterocycles. The number of aromatic nitrogens is 3. The van der Waals surface area contributed by atoms with Crippen LogP contribution in [0.3, 0.4) is 0 Å². The van der Waals surface area contributed by atoms with Gasteiger partial charge in [-0.15, -0.1) is 0 Å². The van der Waals surface area contributed by atoms with Crippen molar-refractivity contribution in [1.29, 1.82) is 0 Å². The molecular weight excluding hydrogens is 300 g/mol. The van der Waals surface area contributed by atoms with Crippen molar-refractivity contribution in [3.05, 3.63) is 59.5 Å². The molecule has 3 heterocycles. The summed E-state index contributed by atoms with van der Waals surface area (Å²) in [6.45, 7) is 0.828. The van der Waals surface area contributed by atoms with Gasteiger partial charge in [-0.1, -0.05) is 24.3 Å². The lowest BCUT2D eigenvalue weighted by Gasteiger charge is -2.38. The number of aromatic amines is 1. The minimum Gasteiger partial charge on any atom is -0.343 e. The Morgan fingerprint density at radius 3 is 3.12 bits per heavy atom. The number of carbonyl (C=O) groups is 1. The number of benzene rings is 1. The summed E-state index contributed by atoms with van der Waals surface area (Å²) in [6, 6.07) is 10.8. The molecule has 0 radical (unpaired) electrons. The third kappa shape index (κ3) is 1.97. The fraction of sp³-hybridized carbons (Fsp3) is 0.316. The van der Waals surface area contributed by atoms with Crippen molar-refractivity contribution < 1.29 is 4.79 Å². The molecule has 2 aliphatic rings. The van der Waals surface area contributed by atoms with E-state index < -0.39 is 0 Å². The first-order valence-electron chi connectivity index (χ1n) is 8.49. The third-order valence-electron chi connectivity index (χ3n) is 5.44. The normalized spacial score (nSPS) is 22.4. The van der Waals surface area contributed by atoms with Gasteiger partial charge in [-0.25, -0.2) is 9.97 Å². The van der Waals surface area contributed by atoms with Gasteiger partial charge in [0.15, 0.2) is 5.65 Å². The number of amides is 1. The van der Waals surface area contributed by atoms with E-state index in [1.807, 2.05) is 6.07 Å². The molecule has 24 heavy (non-hydrogen) atoms. The summed E-state index contributed by atoms with van der Waals surface area (Å²) in [5.41, 5.74) is 4.93. The average Bonchev–Trinajstić information content (AvgIpc) is 3.24. The van der Waals surface area contributed by atoms with Gasteiger partial charge in [0.05, 0.1) is 17.4 Å². The van der Waals surface area contributed by atoms with Crippen LogP contribution in [0.4, 0.5) is 0 Å². The van der Waals surface area contributed by atoms with Gasteiger partial charge in [0.25, 0.3) is 5.91 Å². The number of nitrogens with zero attached hydrogens (tertiary/aromatic N) is 3. The Bertz CT molecular complexity index is 932. The Labute approximate surface area is 139 Å². The molecule has 2 atom stereocenters. The van der Waals surface area contributed by atoms with Crippen LogP contribution in [0.2, 0.25) is 0 Å². The van der Waals surface area contributed by atoms with Crippen molar-refractivity contribution in [2.45, 2.75) is 31.2 Å². The lowest BCUT2D eigenvalue weighted by Crippen LogP contribution is -2.46. The van der Waals surface area contributed by atoms with E-state index in [0.29, 0.717) is 17.1 Å². The van der Waals surface area contributed by atoms with Crippen LogP contribution in [0.5, 0.6) is 0 Å². The van der Waals surface area contributed by atoms with Crippen molar-refractivity contribution in [3.8, 4) is 0 Å². The Balaban J connectivity index is 1.49. The predicted octanol–water partition coefficient (Wildman–Crippen LogP) is 2.90. The minimum atomic E-state index is 0.0847. The van der Waals surface area contributed by atoms with Crippen molar-refractivity contribution in [2.24, 2.45) is 0 Å². The van der Waals surface area contributed by atoms with Crippen molar-refractivity contribution in [3.63, 3.8) is 0 Å². The number of nitrogens with one attached hydrogen (secondary N) is 1. The monoisotopic (exact) mass is 318 g/mol. The maximum atomic E-state index is 13.1. The summed E-state index contributed by atoms with van der Waals surface area (Å²) in [7, 11) is 0. The first-order valence-corrected chi connectivity index (χ1v) is 8.49. The second-order valence-electron chi connectivity index (χ2n) is 6.72. The molecule has 0 unspecified atom stereocenters. The van der Waals surface area contributed by atoms with Crippen LogP contribution in [0.25, 0.3) is 11.2 Å². The zero-order chi connectivity index (χ0) is 16.1. The Morgan fingerprint density at radius 2 is 2.17 bits per heavy atom. The van der Waals surface area contributed by atoms with Gasteiger partial charge in [-0.2, -0.15) is 0 Å². The van der Waals surface area contributed by atoms with Gasteiger partial charge >= 0.3 is 0 Å². The number of carbonyl (C=O) groups excluding carboxylic acids is 1. The van der Waals surface area contributed by atoms with Gasteiger partial charge in [0.1, 0.15) is 0 Å². The summed E-state index contributed by atoms with van der Waals surface area (Å²) in [4.78, 5) is 26.6. The molecule has 1 saturated heterocycles. The highest BCUT2D eigenvalue weighted by Crippen LogP contribution is 2.42. The number of fused-ring (bicyclic) bond motifs is 4. The molecule has 3 aromatic rings. The van der Waals surface area contributed by atoms with Gasteiger partial charge in [0.2, 0.25) is 0 Å². The number of imidazole rings is 1. The second-order valence-corrected chi connectivity index (χ2v) is 6.72. The number of rotatable bonds is 1. The van der Waals surface area contributed by atoms with Gasteiger partial charge in [-0.05, 0) is 36.5 Å². The number of hydrogen-bond acceptors (Lipinski definition) is 3. The van der Waals surface area contributed by atoms with Crippen molar-refractivity contribution >= 4 is 17.1 Å². The van der Waals surface area contributed by atoms with E-state index in [1.165, 1.54) is 17.5 Å². The van der Waals surface area contributed by atoms with E-state index in [1.54, 1.807) is 12.5 Å². The van der Waals surface area contributed by atoms with Crippen LogP contribution in [0.15, 0.2) is 42.9 Å². The molecule has 5 nitrogen and oxygen atoms in total. The molecule has 0 saturated carbocycles. The van der Waals surface area contributed by atoms with E-state index in [0.717, 1.165) is 24.9 Å². The lowest BCUT2D eigenvalue weighted by atomic mass is 9.88. The van der Waals surface area contributed by atoms with Crippen molar-refractivity contribution in [1.82, 2.24) is 19.9 Å². The molecule has 5 rings (SSSR count).